The molecule has 0 saturated heterocycles. The number of nitrogens with zero attached hydrogens (tertiary/aromatic N) is 1. The van der Waals surface area contributed by atoms with Gasteiger partial charge in [-0.05, 0) is 49.2 Å². The van der Waals surface area contributed by atoms with E-state index in [2.05, 4.69) is 16.0 Å². The average Bonchev–Trinajstić information content (AvgIpc) is 2.84. The van der Waals surface area contributed by atoms with Crippen LogP contribution in [-0.2, 0) is 14.8 Å². The van der Waals surface area contributed by atoms with E-state index in [0.29, 0.717) is 11.4 Å². The first-order valence-electron chi connectivity index (χ1n) is 10.7. The zero-order chi connectivity index (χ0) is 24.0. The van der Waals surface area contributed by atoms with Crippen molar-refractivity contribution in [3.05, 3.63) is 54.1 Å². The first-order valence-corrected chi connectivity index (χ1v) is 12.2. The normalized spacial score (nSPS) is 15.3. The summed E-state index contributed by atoms with van der Waals surface area (Å²) in [5, 5.41) is 2.97. The lowest BCUT2D eigenvalue weighted by Crippen LogP contribution is -2.52. The van der Waals surface area contributed by atoms with Gasteiger partial charge in [-0.15, -0.1) is 6.42 Å². The smallest absolute Gasteiger partial charge is 0.263 e. The summed E-state index contributed by atoms with van der Waals surface area (Å²) < 4.78 is 32.6. The SMILES string of the molecule is C#CCNS(=O)(=O)c1ccc(C(=O)N2C[C@H](C(=O)NC(CC)CC)Oc3ccccc32)cc1. The van der Waals surface area contributed by atoms with Gasteiger partial charge in [-0.1, -0.05) is 31.9 Å². The predicted octanol–water partition coefficient (Wildman–Crippen LogP) is 2.31. The molecule has 2 aromatic rings. The summed E-state index contributed by atoms with van der Waals surface area (Å²) in [6.07, 6.45) is 5.83. The maximum Gasteiger partial charge on any atom is 0.263 e. The zero-order valence-electron chi connectivity index (χ0n) is 18.6. The monoisotopic (exact) mass is 469 g/mol. The topological polar surface area (TPSA) is 105 Å². The van der Waals surface area contributed by atoms with Crippen molar-refractivity contribution in [3.8, 4) is 18.1 Å². The third-order valence-electron chi connectivity index (χ3n) is 5.42. The van der Waals surface area contributed by atoms with Crippen molar-refractivity contribution in [1.82, 2.24) is 10.0 Å². The maximum absolute atomic E-state index is 13.3. The lowest BCUT2D eigenvalue weighted by atomic mass is 10.1. The van der Waals surface area contributed by atoms with E-state index >= 15 is 0 Å². The summed E-state index contributed by atoms with van der Waals surface area (Å²) in [7, 11) is -3.77. The minimum absolute atomic E-state index is 0.000829. The summed E-state index contributed by atoms with van der Waals surface area (Å²) in [4.78, 5) is 27.6. The van der Waals surface area contributed by atoms with E-state index in [-0.39, 0.29) is 41.4 Å². The standard InChI is InChI=1S/C24H27N3O5S/c1-4-15-25-33(30,31)19-13-11-17(12-14-19)24(29)27-16-22(23(28)26-18(5-2)6-3)32-21-10-8-7-9-20(21)27/h1,7-14,18,22,25H,5-6,15-16H2,2-3H3,(H,26,28)/t22-/m1/s1. The molecule has 0 aromatic heterocycles. The number of nitrogens with one attached hydrogen (secondary N) is 2. The Labute approximate surface area is 194 Å². The maximum atomic E-state index is 13.3. The summed E-state index contributed by atoms with van der Waals surface area (Å²) in [6, 6.07) is 12.6. The van der Waals surface area contributed by atoms with Gasteiger partial charge in [0.25, 0.3) is 11.8 Å². The third kappa shape index (κ3) is 5.53. The van der Waals surface area contributed by atoms with Crippen molar-refractivity contribution in [3.63, 3.8) is 0 Å². The van der Waals surface area contributed by atoms with Crippen molar-refractivity contribution in [2.24, 2.45) is 0 Å². The molecule has 8 nitrogen and oxygen atoms in total. The fourth-order valence-corrected chi connectivity index (χ4v) is 4.44. The molecule has 3 rings (SSSR count). The van der Waals surface area contributed by atoms with Crippen LogP contribution in [-0.4, -0.2) is 45.5 Å². The number of carbonyl (C=O) groups excluding carboxylic acids is 2. The van der Waals surface area contributed by atoms with Gasteiger partial charge in [0.1, 0.15) is 5.75 Å². The molecule has 0 radical (unpaired) electrons. The fourth-order valence-electron chi connectivity index (χ4n) is 3.50. The Morgan fingerprint density at radius 3 is 2.45 bits per heavy atom. The van der Waals surface area contributed by atoms with E-state index in [1.54, 1.807) is 24.3 Å². The molecule has 1 atom stereocenters. The Morgan fingerprint density at radius 1 is 1.15 bits per heavy atom. The summed E-state index contributed by atoms with van der Waals surface area (Å²) in [5.41, 5.74) is 0.822. The Bertz CT molecular complexity index is 1150. The van der Waals surface area contributed by atoms with Crippen LogP contribution in [0.3, 0.4) is 0 Å². The first-order chi connectivity index (χ1) is 15.8. The molecule has 0 fully saturated rings. The molecule has 1 aliphatic rings. The summed E-state index contributed by atoms with van der Waals surface area (Å²) >= 11 is 0. The van der Waals surface area contributed by atoms with Gasteiger partial charge in [-0.25, -0.2) is 8.42 Å². The summed E-state index contributed by atoms with van der Waals surface area (Å²) in [6.45, 7) is 3.89. The minimum atomic E-state index is -3.77. The van der Waals surface area contributed by atoms with Crippen LogP contribution in [0.15, 0.2) is 53.4 Å². The molecule has 2 aromatic carbocycles. The van der Waals surface area contributed by atoms with Gasteiger partial charge >= 0.3 is 0 Å². The van der Waals surface area contributed by atoms with Crippen molar-refractivity contribution < 1.29 is 22.7 Å². The Hall–Kier alpha value is -3.35. The van der Waals surface area contributed by atoms with Crippen LogP contribution >= 0.6 is 0 Å². The van der Waals surface area contributed by atoms with Gasteiger partial charge in [0, 0.05) is 11.6 Å². The number of benzene rings is 2. The van der Waals surface area contributed by atoms with E-state index in [4.69, 9.17) is 11.2 Å². The number of ether oxygens (including phenoxy) is 1. The molecule has 2 N–H and O–H groups in total. The van der Waals surface area contributed by atoms with Gasteiger partial charge < -0.3 is 15.0 Å². The number of hydrogen-bond donors (Lipinski definition) is 2. The molecule has 1 heterocycles. The van der Waals surface area contributed by atoms with Gasteiger partial charge in [0.05, 0.1) is 23.7 Å². The highest BCUT2D eigenvalue weighted by Gasteiger charge is 2.34. The van der Waals surface area contributed by atoms with Gasteiger partial charge in [-0.3, -0.25) is 9.59 Å². The number of fused-ring (bicyclic) bond motifs is 1. The highest BCUT2D eigenvalue weighted by Crippen LogP contribution is 2.34. The Kier molecular flexibility index (Phi) is 7.74. The molecule has 0 unspecified atom stereocenters. The van der Waals surface area contributed by atoms with Crippen LogP contribution in [0.5, 0.6) is 5.75 Å². The lowest BCUT2D eigenvalue weighted by Gasteiger charge is -2.34. The largest absolute Gasteiger partial charge is 0.477 e. The van der Waals surface area contributed by atoms with Gasteiger partial charge in [0.15, 0.2) is 6.10 Å². The summed E-state index contributed by atoms with van der Waals surface area (Å²) in [5.74, 6) is 1.99. The van der Waals surface area contributed by atoms with Gasteiger partial charge in [0.2, 0.25) is 10.0 Å². The van der Waals surface area contributed by atoms with Crippen LogP contribution in [0, 0.1) is 12.3 Å². The second-order valence-electron chi connectivity index (χ2n) is 7.57. The Morgan fingerprint density at radius 2 is 1.82 bits per heavy atom. The molecule has 0 spiro atoms. The third-order valence-corrected chi connectivity index (χ3v) is 6.84. The molecule has 9 heteroatoms. The average molecular weight is 470 g/mol. The van der Waals surface area contributed by atoms with E-state index in [9.17, 15) is 18.0 Å². The van der Waals surface area contributed by atoms with E-state index in [1.807, 2.05) is 13.8 Å². The number of para-hydroxylation sites is 2. The lowest BCUT2D eigenvalue weighted by molar-refractivity contribution is -0.128. The van der Waals surface area contributed by atoms with E-state index in [1.165, 1.54) is 29.2 Å². The second-order valence-corrected chi connectivity index (χ2v) is 9.33. The van der Waals surface area contributed by atoms with Crippen LogP contribution in [0.25, 0.3) is 0 Å². The number of rotatable bonds is 8. The molecule has 33 heavy (non-hydrogen) atoms. The van der Waals surface area contributed by atoms with Crippen molar-refractivity contribution >= 4 is 27.5 Å². The quantitative estimate of drug-likeness (QED) is 0.578. The molecule has 0 aliphatic carbocycles. The molecular formula is C24H27N3O5S. The van der Waals surface area contributed by atoms with Crippen LogP contribution < -0.4 is 19.7 Å². The fraction of sp³-hybridized carbons (Fsp3) is 0.333. The van der Waals surface area contributed by atoms with E-state index < -0.39 is 16.1 Å². The first kappa shape index (κ1) is 24.3. The van der Waals surface area contributed by atoms with Crippen LogP contribution in [0.2, 0.25) is 0 Å². The molecule has 1 aliphatic heterocycles. The minimum Gasteiger partial charge on any atom is -0.477 e. The highest BCUT2D eigenvalue weighted by atomic mass is 32.2. The molecule has 0 saturated carbocycles. The number of anilines is 1. The predicted molar refractivity (Wildman–Crippen MR) is 126 cm³/mol. The van der Waals surface area contributed by atoms with Gasteiger partial charge in [-0.2, -0.15) is 4.72 Å². The number of amides is 2. The second kappa shape index (κ2) is 10.5. The van der Waals surface area contributed by atoms with Crippen molar-refractivity contribution in [1.29, 1.82) is 0 Å². The van der Waals surface area contributed by atoms with Crippen LogP contribution in [0.4, 0.5) is 5.69 Å². The highest BCUT2D eigenvalue weighted by molar-refractivity contribution is 7.89. The number of sulfonamides is 1. The zero-order valence-corrected chi connectivity index (χ0v) is 19.4. The Balaban J connectivity index is 1.85. The number of terminal acetylenes is 1. The van der Waals surface area contributed by atoms with Crippen molar-refractivity contribution in [2.45, 2.75) is 43.7 Å². The number of hydrogen-bond acceptors (Lipinski definition) is 5. The molecule has 2 amide bonds. The molecule has 0 bridgehead atoms. The molecular weight excluding hydrogens is 442 g/mol. The van der Waals surface area contributed by atoms with E-state index in [0.717, 1.165) is 12.8 Å². The van der Waals surface area contributed by atoms with Crippen molar-refractivity contribution in [2.75, 3.05) is 18.0 Å². The van der Waals surface area contributed by atoms with Crippen LogP contribution in [0.1, 0.15) is 37.0 Å². The molecule has 174 valence electrons. The number of carbonyl (C=O) groups is 2.